The van der Waals surface area contributed by atoms with Gasteiger partial charge in [0.05, 0.1) is 10.6 Å². The summed E-state index contributed by atoms with van der Waals surface area (Å²) in [6.45, 7) is 2.12. The molecule has 0 aliphatic heterocycles. The molecule has 0 spiro atoms. The molecule has 2 heterocycles. The van der Waals surface area contributed by atoms with E-state index >= 15 is 0 Å². The molecule has 74 valence electrons. The predicted molar refractivity (Wildman–Crippen MR) is 58.1 cm³/mol. The lowest BCUT2D eigenvalue weighted by molar-refractivity contribution is 0.920. The number of thiophene rings is 1. The van der Waals surface area contributed by atoms with Crippen molar-refractivity contribution < 1.29 is 0 Å². The van der Waals surface area contributed by atoms with Crippen molar-refractivity contribution in [1.29, 1.82) is 0 Å². The van der Waals surface area contributed by atoms with Crippen LogP contribution in [0.5, 0.6) is 0 Å². The molecule has 4 nitrogen and oxygen atoms in total. The molecular formula is C9H12N4S. The van der Waals surface area contributed by atoms with E-state index in [0.29, 0.717) is 0 Å². The maximum atomic E-state index is 5.91. The van der Waals surface area contributed by atoms with Crippen LogP contribution in [-0.2, 0) is 13.5 Å². The molecule has 0 amide bonds. The topological polar surface area (TPSA) is 56.7 Å². The Morgan fingerprint density at radius 1 is 1.57 bits per heavy atom. The van der Waals surface area contributed by atoms with Gasteiger partial charge in [0.25, 0.3) is 0 Å². The standard InChI is InChI=1S/C9H12N4S/c1-3-6-4-7(8(10)14-6)9-12-11-5-13(9)2/h4-5H,3,10H2,1-2H3. The second kappa shape index (κ2) is 3.42. The van der Waals surface area contributed by atoms with Crippen LogP contribution in [0.1, 0.15) is 11.8 Å². The van der Waals surface area contributed by atoms with Crippen LogP contribution in [0.4, 0.5) is 5.00 Å². The Labute approximate surface area is 86.4 Å². The number of hydrogen-bond acceptors (Lipinski definition) is 4. The van der Waals surface area contributed by atoms with Gasteiger partial charge in [0.1, 0.15) is 6.33 Å². The van der Waals surface area contributed by atoms with Gasteiger partial charge in [-0.15, -0.1) is 21.5 Å². The molecule has 2 aromatic rings. The molecule has 2 N–H and O–H groups in total. The fraction of sp³-hybridized carbons (Fsp3) is 0.333. The van der Waals surface area contributed by atoms with E-state index in [1.54, 1.807) is 17.7 Å². The van der Waals surface area contributed by atoms with E-state index in [9.17, 15) is 0 Å². The summed E-state index contributed by atoms with van der Waals surface area (Å²) >= 11 is 1.62. The van der Waals surface area contributed by atoms with Crippen LogP contribution in [0, 0.1) is 0 Å². The lowest BCUT2D eigenvalue weighted by Gasteiger charge is -1.97. The highest BCUT2D eigenvalue weighted by molar-refractivity contribution is 7.16. The van der Waals surface area contributed by atoms with Crippen LogP contribution in [0.15, 0.2) is 12.4 Å². The van der Waals surface area contributed by atoms with Crippen LogP contribution < -0.4 is 5.73 Å². The number of nitrogen functional groups attached to an aromatic ring is 1. The zero-order valence-corrected chi connectivity index (χ0v) is 9.01. The highest BCUT2D eigenvalue weighted by atomic mass is 32.1. The van der Waals surface area contributed by atoms with Crippen LogP contribution >= 0.6 is 11.3 Å². The summed E-state index contributed by atoms with van der Waals surface area (Å²) in [5.74, 6) is 0.832. The third-order valence-corrected chi connectivity index (χ3v) is 3.22. The average Bonchev–Trinajstić information content (AvgIpc) is 2.72. The van der Waals surface area contributed by atoms with Crippen LogP contribution in [0.25, 0.3) is 11.4 Å². The number of aromatic nitrogens is 3. The number of nitrogens with two attached hydrogens (primary N) is 1. The Kier molecular flexibility index (Phi) is 2.25. The first-order valence-corrected chi connectivity index (χ1v) is 5.26. The summed E-state index contributed by atoms with van der Waals surface area (Å²) in [5, 5.41) is 8.69. The highest BCUT2D eigenvalue weighted by Gasteiger charge is 2.11. The Morgan fingerprint density at radius 2 is 2.36 bits per heavy atom. The fourth-order valence-corrected chi connectivity index (χ4v) is 2.20. The third kappa shape index (κ3) is 1.39. The summed E-state index contributed by atoms with van der Waals surface area (Å²) in [6, 6.07) is 2.09. The zero-order chi connectivity index (χ0) is 10.1. The molecule has 0 aromatic carbocycles. The highest BCUT2D eigenvalue weighted by Crippen LogP contribution is 2.32. The van der Waals surface area contributed by atoms with Gasteiger partial charge >= 0.3 is 0 Å². The lowest BCUT2D eigenvalue weighted by atomic mass is 10.2. The minimum absolute atomic E-state index is 0.818. The summed E-state index contributed by atoms with van der Waals surface area (Å²) < 4.78 is 1.87. The minimum atomic E-state index is 0.818. The monoisotopic (exact) mass is 208 g/mol. The quantitative estimate of drug-likeness (QED) is 0.817. The Balaban J connectivity index is 2.51. The first kappa shape index (κ1) is 9.21. The van der Waals surface area contributed by atoms with Crippen LogP contribution in [-0.4, -0.2) is 14.8 Å². The molecule has 0 saturated carbocycles. The number of aryl methyl sites for hydroxylation is 2. The molecule has 0 aliphatic carbocycles. The van der Waals surface area contributed by atoms with Gasteiger partial charge in [-0.2, -0.15) is 0 Å². The van der Waals surface area contributed by atoms with Gasteiger partial charge < -0.3 is 10.3 Å². The Bertz CT molecular complexity index is 443. The zero-order valence-electron chi connectivity index (χ0n) is 8.19. The molecule has 5 heteroatoms. The number of nitrogens with zero attached hydrogens (tertiary/aromatic N) is 3. The summed E-state index contributed by atoms with van der Waals surface area (Å²) in [7, 11) is 1.91. The van der Waals surface area contributed by atoms with Crippen molar-refractivity contribution in [2.75, 3.05) is 5.73 Å². The average molecular weight is 208 g/mol. The van der Waals surface area contributed by atoms with E-state index in [-0.39, 0.29) is 0 Å². The molecule has 0 saturated heterocycles. The van der Waals surface area contributed by atoms with Gasteiger partial charge in [0.2, 0.25) is 0 Å². The first-order valence-electron chi connectivity index (χ1n) is 4.45. The smallest absolute Gasteiger partial charge is 0.166 e. The molecular weight excluding hydrogens is 196 g/mol. The largest absolute Gasteiger partial charge is 0.390 e. The molecule has 0 radical (unpaired) electrons. The van der Waals surface area contributed by atoms with E-state index in [1.165, 1.54) is 4.88 Å². The Hall–Kier alpha value is -1.36. The van der Waals surface area contributed by atoms with Gasteiger partial charge in [-0.25, -0.2) is 0 Å². The lowest BCUT2D eigenvalue weighted by Crippen LogP contribution is -1.92. The number of hydrogen-bond donors (Lipinski definition) is 1. The SMILES string of the molecule is CCc1cc(-c2nncn2C)c(N)s1. The normalized spacial score (nSPS) is 10.7. The van der Waals surface area contributed by atoms with Crippen molar-refractivity contribution in [3.05, 3.63) is 17.3 Å². The van der Waals surface area contributed by atoms with Crippen LogP contribution in [0.3, 0.4) is 0 Å². The molecule has 0 fully saturated rings. The van der Waals surface area contributed by atoms with Gasteiger partial charge in [-0.1, -0.05) is 6.92 Å². The summed E-state index contributed by atoms with van der Waals surface area (Å²) in [4.78, 5) is 1.28. The summed E-state index contributed by atoms with van der Waals surface area (Å²) in [5.41, 5.74) is 6.91. The number of anilines is 1. The molecule has 14 heavy (non-hydrogen) atoms. The second-order valence-electron chi connectivity index (χ2n) is 3.11. The fourth-order valence-electron chi connectivity index (χ4n) is 1.33. The first-order chi connectivity index (χ1) is 6.72. The van der Waals surface area contributed by atoms with Gasteiger partial charge in [0, 0.05) is 11.9 Å². The maximum Gasteiger partial charge on any atom is 0.166 e. The molecule has 0 unspecified atom stereocenters. The Morgan fingerprint density at radius 3 is 2.86 bits per heavy atom. The van der Waals surface area contributed by atoms with Crippen molar-refractivity contribution in [1.82, 2.24) is 14.8 Å². The van der Waals surface area contributed by atoms with Crippen molar-refractivity contribution in [3.8, 4) is 11.4 Å². The summed E-state index contributed by atoms with van der Waals surface area (Å²) in [6.07, 6.45) is 2.69. The van der Waals surface area contributed by atoms with E-state index in [1.807, 2.05) is 11.6 Å². The number of rotatable bonds is 2. The molecule has 0 atom stereocenters. The van der Waals surface area contributed by atoms with Crippen molar-refractivity contribution >= 4 is 16.3 Å². The van der Waals surface area contributed by atoms with Crippen molar-refractivity contribution in [2.45, 2.75) is 13.3 Å². The second-order valence-corrected chi connectivity index (χ2v) is 4.28. The maximum absolute atomic E-state index is 5.91. The van der Waals surface area contributed by atoms with Crippen molar-refractivity contribution in [3.63, 3.8) is 0 Å². The molecule has 2 aromatic heterocycles. The predicted octanol–water partition coefficient (Wildman–Crippen LogP) is 1.69. The molecule has 0 bridgehead atoms. The molecule has 0 aliphatic rings. The van der Waals surface area contributed by atoms with Gasteiger partial charge in [0.15, 0.2) is 5.82 Å². The molecule has 2 rings (SSSR count). The van der Waals surface area contributed by atoms with E-state index in [2.05, 4.69) is 23.2 Å². The minimum Gasteiger partial charge on any atom is -0.390 e. The van der Waals surface area contributed by atoms with E-state index < -0.39 is 0 Å². The van der Waals surface area contributed by atoms with Gasteiger partial charge in [-0.05, 0) is 12.5 Å². The third-order valence-electron chi connectivity index (χ3n) is 2.11. The van der Waals surface area contributed by atoms with E-state index in [4.69, 9.17) is 5.73 Å². The van der Waals surface area contributed by atoms with Gasteiger partial charge in [-0.3, -0.25) is 0 Å². The van der Waals surface area contributed by atoms with E-state index in [0.717, 1.165) is 22.8 Å². The van der Waals surface area contributed by atoms with Crippen LogP contribution in [0.2, 0.25) is 0 Å². The van der Waals surface area contributed by atoms with Crippen molar-refractivity contribution in [2.24, 2.45) is 7.05 Å².